The molecule has 0 aliphatic carbocycles. The van der Waals surface area contributed by atoms with Crippen molar-refractivity contribution in [1.29, 1.82) is 0 Å². The van der Waals surface area contributed by atoms with E-state index in [1.54, 1.807) is 17.0 Å². The number of amides is 2. The summed E-state index contributed by atoms with van der Waals surface area (Å²) in [5.41, 5.74) is 2.54. The Balaban J connectivity index is 1.63. The zero-order chi connectivity index (χ0) is 19.2. The molecular formula is C21H21ClN2O3. The third kappa shape index (κ3) is 4.96. The van der Waals surface area contributed by atoms with E-state index in [2.05, 4.69) is 11.9 Å². The largest absolute Gasteiger partial charge is 0.370 e. The van der Waals surface area contributed by atoms with Gasteiger partial charge < -0.3 is 15.0 Å². The second-order valence-electron chi connectivity index (χ2n) is 6.28. The Labute approximate surface area is 163 Å². The van der Waals surface area contributed by atoms with Crippen molar-refractivity contribution >= 4 is 23.4 Å². The number of nitrogens with one attached hydrogen (secondary N) is 1. The molecule has 6 heteroatoms. The van der Waals surface area contributed by atoms with Gasteiger partial charge in [0.2, 0.25) is 5.91 Å². The van der Waals surface area contributed by atoms with Crippen LogP contribution in [0.3, 0.4) is 0 Å². The van der Waals surface area contributed by atoms with Crippen LogP contribution >= 0.6 is 11.6 Å². The number of halogens is 1. The van der Waals surface area contributed by atoms with Gasteiger partial charge in [0.05, 0.1) is 13.2 Å². The number of hydrogen-bond acceptors (Lipinski definition) is 3. The lowest BCUT2D eigenvalue weighted by Crippen LogP contribution is -2.42. The second-order valence-corrected chi connectivity index (χ2v) is 6.72. The van der Waals surface area contributed by atoms with Crippen LogP contribution in [0.4, 0.5) is 0 Å². The SMILES string of the molecule is C=CC(=O)NCc1ccc(C(=O)N2CCO[C@@H](c3ccc(Cl)cc3)C2)cc1. The monoisotopic (exact) mass is 384 g/mol. The topological polar surface area (TPSA) is 58.6 Å². The lowest BCUT2D eigenvalue weighted by atomic mass is 10.1. The highest BCUT2D eigenvalue weighted by atomic mass is 35.5. The van der Waals surface area contributed by atoms with Crippen LogP contribution in [-0.4, -0.2) is 36.4 Å². The quantitative estimate of drug-likeness (QED) is 0.804. The Hall–Kier alpha value is -2.63. The van der Waals surface area contributed by atoms with Gasteiger partial charge in [-0.15, -0.1) is 0 Å². The van der Waals surface area contributed by atoms with E-state index in [1.807, 2.05) is 36.4 Å². The summed E-state index contributed by atoms with van der Waals surface area (Å²) in [5, 5.41) is 3.38. The van der Waals surface area contributed by atoms with Crippen LogP contribution in [0.5, 0.6) is 0 Å². The van der Waals surface area contributed by atoms with Gasteiger partial charge in [0.1, 0.15) is 6.10 Å². The summed E-state index contributed by atoms with van der Waals surface area (Å²) in [4.78, 5) is 25.8. The molecule has 140 valence electrons. The maximum Gasteiger partial charge on any atom is 0.254 e. The molecule has 2 aromatic carbocycles. The van der Waals surface area contributed by atoms with Crippen molar-refractivity contribution < 1.29 is 14.3 Å². The summed E-state index contributed by atoms with van der Waals surface area (Å²) in [5.74, 6) is -0.254. The van der Waals surface area contributed by atoms with E-state index in [4.69, 9.17) is 16.3 Å². The Morgan fingerprint density at radius 2 is 1.89 bits per heavy atom. The standard InChI is InChI=1S/C21H21ClN2O3/c1-2-20(25)23-13-15-3-5-17(6-4-15)21(26)24-11-12-27-19(14-24)16-7-9-18(22)10-8-16/h2-10,19H,1,11-14H2,(H,23,25)/t19-/m1/s1. The fourth-order valence-electron chi connectivity index (χ4n) is 2.92. The lowest BCUT2D eigenvalue weighted by molar-refractivity contribution is -0.116. The highest BCUT2D eigenvalue weighted by Crippen LogP contribution is 2.24. The molecule has 1 aliphatic heterocycles. The highest BCUT2D eigenvalue weighted by molar-refractivity contribution is 6.30. The molecule has 0 bridgehead atoms. The van der Waals surface area contributed by atoms with E-state index < -0.39 is 0 Å². The molecule has 1 saturated heterocycles. The molecule has 1 N–H and O–H groups in total. The first-order valence-electron chi connectivity index (χ1n) is 8.72. The minimum Gasteiger partial charge on any atom is -0.370 e. The maximum absolute atomic E-state index is 12.8. The zero-order valence-electron chi connectivity index (χ0n) is 14.9. The molecular weight excluding hydrogens is 364 g/mol. The molecule has 1 heterocycles. The van der Waals surface area contributed by atoms with Crippen molar-refractivity contribution in [2.24, 2.45) is 0 Å². The predicted molar refractivity (Wildman–Crippen MR) is 105 cm³/mol. The maximum atomic E-state index is 12.8. The van der Waals surface area contributed by atoms with Crippen LogP contribution in [0, 0.1) is 0 Å². The molecule has 0 spiro atoms. The zero-order valence-corrected chi connectivity index (χ0v) is 15.6. The van der Waals surface area contributed by atoms with Gasteiger partial charge in [-0.2, -0.15) is 0 Å². The average Bonchev–Trinajstić information content (AvgIpc) is 2.72. The Kier molecular flexibility index (Phi) is 6.27. The van der Waals surface area contributed by atoms with Crippen molar-refractivity contribution in [2.45, 2.75) is 12.6 Å². The number of benzene rings is 2. The summed E-state index contributed by atoms with van der Waals surface area (Å²) in [7, 11) is 0. The highest BCUT2D eigenvalue weighted by Gasteiger charge is 2.26. The van der Waals surface area contributed by atoms with Gasteiger partial charge in [0, 0.05) is 23.7 Å². The fourth-order valence-corrected chi connectivity index (χ4v) is 3.05. The van der Waals surface area contributed by atoms with Crippen LogP contribution in [-0.2, 0) is 16.1 Å². The molecule has 27 heavy (non-hydrogen) atoms. The van der Waals surface area contributed by atoms with E-state index in [0.717, 1.165) is 11.1 Å². The molecule has 1 atom stereocenters. The minimum absolute atomic E-state index is 0.0288. The van der Waals surface area contributed by atoms with Crippen LogP contribution in [0.1, 0.15) is 27.6 Å². The van der Waals surface area contributed by atoms with Crippen LogP contribution in [0.25, 0.3) is 0 Å². The summed E-state index contributed by atoms with van der Waals surface area (Å²) in [6.45, 7) is 5.36. The number of rotatable bonds is 5. The van der Waals surface area contributed by atoms with E-state index in [-0.39, 0.29) is 17.9 Å². The van der Waals surface area contributed by atoms with Crippen LogP contribution in [0.15, 0.2) is 61.2 Å². The average molecular weight is 385 g/mol. The molecule has 0 aromatic heterocycles. The number of carbonyl (C=O) groups excluding carboxylic acids is 2. The van der Waals surface area contributed by atoms with Crippen LogP contribution < -0.4 is 5.32 Å². The van der Waals surface area contributed by atoms with E-state index in [9.17, 15) is 9.59 Å². The van der Waals surface area contributed by atoms with Gasteiger partial charge in [-0.05, 0) is 41.5 Å². The van der Waals surface area contributed by atoms with Gasteiger partial charge in [-0.1, -0.05) is 42.4 Å². The Morgan fingerprint density at radius 3 is 2.56 bits per heavy atom. The second kappa shape index (κ2) is 8.84. The fraction of sp³-hybridized carbons (Fsp3) is 0.238. The van der Waals surface area contributed by atoms with E-state index in [0.29, 0.717) is 36.8 Å². The van der Waals surface area contributed by atoms with Gasteiger partial charge in [0.15, 0.2) is 0 Å². The summed E-state index contributed by atoms with van der Waals surface area (Å²) < 4.78 is 5.82. The molecule has 1 fully saturated rings. The smallest absolute Gasteiger partial charge is 0.254 e. The van der Waals surface area contributed by atoms with Crippen molar-refractivity contribution in [3.05, 3.63) is 82.9 Å². The summed E-state index contributed by atoms with van der Waals surface area (Å²) in [6.07, 6.45) is 1.07. The number of ether oxygens (including phenoxy) is 1. The van der Waals surface area contributed by atoms with Crippen molar-refractivity contribution in [1.82, 2.24) is 10.2 Å². The van der Waals surface area contributed by atoms with Crippen molar-refractivity contribution in [2.75, 3.05) is 19.7 Å². The lowest BCUT2D eigenvalue weighted by Gasteiger charge is -2.33. The van der Waals surface area contributed by atoms with Gasteiger partial charge in [-0.3, -0.25) is 9.59 Å². The summed E-state index contributed by atoms with van der Waals surface area (Å²) in [6, 6.07) is 14.7. The Morgan fingerprint density at radius 1 is 1.19 bits per heavy atom. The molecule has 0 radical (unpaired) electrons. The first-order valence-corrected chi connectivity index (χ1v) is 9.10. The number of morpholine rings is 1. The van der Waals surface area contributed by atoms with Gasteiger partial charge >= 0.3 is 0 Å². The van der Waals surface area contributed by atoms with Crippen LogP contribution in [0.2, 0.25) is 5.02 Å². The first kappa shape index (κ1) is 19.1. The number of nitrogens with zero attached hydrogens (tertiary/aromatic N) is 1. The third-order valence-electron chi connectivity index (χ3n) is 4.45. The van der Waals surface area contributed by atoms with Crippen molar-refractivity contribution in [3.8, 4) is 0 Å². The van der Waals surface area contributed by atoms with Gasteiger partial charge in [0.25, 0.3) is 5.91 Å². The number of carbonyl (C=O) groups is 2. The first-order chi connectivity index (χ1) is 13.1. The minimum atomic E-state index is -0.225. The van der Waals surface area contributed by atoms with E-state index >= 15 is 0 Å². The van der Waals surface area contributed by atoms with E-state index in [1.165, 1.54) is 6.08 Å². The molecule has 1 aliphatic rings. The molecule has 0 saturated carbocycles. The van der Waals surface area contributed by atoms with Gasteiger partial charge in [-0.25, -0.2) is 0 Å². The molecule has 5 nitrogen and oxygen atoms in total. The predicted octanol–water partition coefficient (Wildman–Crippen LogP) is 3.36. The normalized spacial score (nSPS) is 16.6. The summed E-state index contributed by atoms with van der Waals surface area (Å²) >= 11 is 5.94. The Bertz CT molecular complexity index is 818. The number of hydrogen-bond donors (Lipinski definition) is 1. The molecule has 2 aromatic rings. The molecule has 0 unspecified atom stereocenters. The molecule has 3 rings (SSSR count). The third-order valence-corrected chi connectivity index (χ3v) is 4.70. The van der Waals surface area contributed by atoms with Crippen molar-refractivity contribution in [3.63, 3.8) is 0 Å². The molecule has 2 amide bonds.